The first-order valence-electron chi connectivity index (χ1n) is 9.26. The maximum atomic E-state index is 12.7. The lowest BCUT2D eigenvalue weighted by molar-refractivity contribution is -0.138. The van der Waals surface area contributed by atoms with Gasteiger partial charge in [0, 0.05) is 32.1 Å². The number of benzene rings is 1. The highest BCUT2D eigenvalue weighted by Crippen LogP contribution is 2.25. The largest absolute Gasteiger partial charge is 0.342 e. The Kier molecular flexibility index (Phi) is 5.79. The van der Waals surface area contributed by atoms with E-state index in [0.717, 1.165) is 31.5 Å². The van der Waals surface area contributed by atoms with Crippen LogP contribution in [0.15, 0.2) is 30.3 Å². The van der Waals surface area contributed by atoms with Crippen molar-refractivity contribution < 1.29 is 13.2 Å². The predicted molar refractivity (Wildman–Crippen MR) is 98.3 cm³/mol. The molecule has 2 saturated heterocycles. The van der Waals surface area contributed by atoms with Crippen molar-refractivity contribution in [1.29, 1.82) is 0 Å². The summed E-state index contributed by atoms with van der Waals surface area (Å²) in [5.41, 5.74) is 0.808. The van der Waals surface area contributed by atoms with Crippen molar-refractivity contribution in [2.75, 3.05) is 26.2 Å². The molecular weight excluding hydrogens is 336 g/mol. The van der Waals surface area contributed by atoms with Gasteiger partial charge in [0.05, 0.1) is 5.75 Å². The Morgan fingerprint density at radius 3 is 2.20 bits per heavy atom. The third kappa shape index (κ3) is 4.61. The Labute approximate surface area is 151 Å². The highest BCUT2D eigenvalue weighted by atomic mass is 32.2. The van der Waals surface area contributed by atoms with E-state index in [1.54, 1.807) is 4.31 Å². The minimum Gasteiger partial charge on any atom is -0.342 e. The molecule has 2 aliphatic heterocycles. The molecule has 0 N–H and O–H groups in total. The SMILES string of the molecule is CC1CCN(C(=O)C2CCN(S(=O)(=O)Cc3ccccc3)CC2)CC1. The van der Waals surface area contributed by atoms with Crippen molar-refractivity contribution in [1.82, 2.24) is 9.21 Å². The number of carbonyl (C=O) groups is 1. The molecule has 0 bridgehead atoms. The van der Waals surface area contributed by atoms with E-state index in [9.17, 15) is 13.2 Å². The van der Waals surface area contributed by atoms with Gasteiger partial charge < -0.3 is 4.90 Å². The average molecular weight is 365 g/mol. The zero-order chi connectivity index (χ0) is 17.9. The zero-order valence-electron chi connectivity index (χ0n) is 14.9. The Morgan fingerprint density at radius 1 is 1.00 bits per heavy atom. The summed E-state index contributed by atoms with van der Waals surface area (Å²) in [6.07, 6.45) is 3.43. The van der Waals surface area contributed by atoms with Crippen molar-refractivity contribution in [3.8, 4) is 0 Å². The van der Waals surface area contributed by atoms with Gasteiger partial charge in [-0.05, 0) is 37.2 Å². The van der Waals surface area contributed by atoms with Gasteiger partial charge >= 0.3 is 0 Å². The van der Waals surface area contributed by atoms with E-state index in [4.69, 9.17) is 0 Å². The molecule has 2 heterocycles. The topological polar surface area (TPSA) is 57.7 Å². The van der Waals surface area contributed by atoms with Gasteiger partial charge in [0.15, 0.2) is 0 Å². The molecule has 5 nitrogen and oxygen atoms in total. The number of nitrogens with zero attached hydrogens (tertiary/aromatic N) is 2. The molecule has 138 valence electrons. The number of sulfonamides is 1. The van der Waals surface area contributed by atoms with Gasteiger partial charge in [-0.1, -0.05) is 37.3 Å². The van der Waals surface area contributed by atoms with Gasteiger partial charge in [0.2, 0.25) is 15.9 Å². The smallest absolute Gasteiger partial charge is 0.225 e. The molecular formula is C19H28N2O3S. The van der Waals surface area contributed by atoms with Crippen LogP contribution in [0.25, 0.3) is 0 Å². The second-order valence-electron chi connectivity index (χ2n) is 7.42. The number of carbonyl (C=O) groups excluding carboxylic acids is 1. The molecule has 0 spiro atoms. The molecule has 25 heavy (non-hydrogen) atoms. The van der Waals surface area contributed by atoms with E-state index in [1.807, 2.05) is 35.2 Å². The maximum Gasteiger partial charge on any atom is 0.225 e. The summed E-state index contributed by atoms with van der Waals surface area (Å²) in [4.78, 5) is 14.7. The van der Waals surface area contributed by atoms with E-state index in [2.05, 4.69) is 6.92 Å². The molecule has 0 atom stereocenters. The first-order chi connectivity index (χ1) is 12.0. The van der Waals surface area contributed by atoms with Crippen LogP contribution in [0.5, 0.6) is 0 Å². The number of hydrogen-bond donors (Lipinski definition) is 0. The van der Waals surface area contributed by atoms with Crippen molar-refractivity contribution >= 4 is 15.9 Å². The quantitative estimate of drug-likeness (QED) is 0.825. The molecule has 3 rings (SSSR count). The van der Waals surface area contributed by atoms with Crippen molar-refractivity contribution in [3.05, 3.63) is 35.9 Å². The maximum absolute atomic E-state index is 12.7. The molecule has 2 aliphatic rings. The molecule has 0 saturated carbocycles. The monoisotopic (exact) mass is 364 g/mol. The van der Waals surface area contributed by atoms with Gasteiger partial charge in [-0.15, -0.1) is 0 Å². The van der Waals surface area contributed by atoms with Crippen LogP contribution in [0, 0.1) is 11.8 Å². The first-order valence-corrected chi connectivity index (χ1v) is 10.9. The highest BCUT2D eigenvalue weighted by molar-refractivity contribution is 7.88. The Morgan fingerprint density at radius 2 is 1.60 bits per heavy atom. The van der Waals surface area contributed by atoms with Gasteiger partial charge in [-0.3, -0.25) is 4.79 Å². The van der Waals surface area contributed by atoms with E-state index in [0.29, 0.717) is 31.8 Å². The summed E-state index contributed by atoms with van der Waals surface area (Å²) >= 11 is 0. The van der Waals surface area contributed by atoms with Crippen LogP contribution in [0.1, 0.15) is 38.2 Å². The molecule has 6 heteroatoms. The van der Waals surface area contributed by atoms with Crippen LogP contribution in [0.3, 0.4) is 0 Å². The van der Waals surface area contributed by atoms with Crippen LogP contribution in [0.4, 0.5) is 0 Å². The molecule has 1 aromatic carbocycles. The van der Waals surface area contributed by atoms with Crippen LogP contribution in [-0.2, 0) is 20.6 Å². The number of hydrogen-bond acceptors (Lipinski definition) is 3. The summed E-state index contributed by atoms with van der Waals surface area (Å²) in [6.45, 7) is 4.85. The molecule has 0 unspecified atom stereocenters. The summed E-state index contributed by atoms with van der Waals surface area (Å²) in [5, 5.41) is 0. The molecule has 2 fully saturated rings. The lowest BCUT2D eigenvalue weighted by Crippen LogP contribution is -2.46. The minimum atomic E-state index is -3.31. The van der Waals surface area contributed by atoms with Gasteiger partial charge in [0.1, 0.15) is 0 Å². The molecule has 0 aliphatic carbocycles. The summed E-state index contributed by atoms with van der Waals surface area (Å²) < 4.78 is 26.8. The minimum absolute atomic E-state index is 0.0171. The normalized spacial score (nSPS) is 21.4. The molecule has 0 radical (unpaired) electrons. The fourth-order valence-electron chi connectivity index (χ4n) is 3.74. The predicted octanol–water partition coefficient (Wildman–Crippen LogP) is 2.49. The second-order valence-corrected chi connectivity index (χ2v) is 9.39. The number of piperidine rings is 2. The first kappa shape index (κ1) is 18.4. The van der Waals surface area contributed by atoms with Crippen LogP contribution < -0.4 is 0 Å². The highest BCUT2D eigenvalue weighted by Gasteiger charge is 2.33. The third-order valence-electron chi connectivity index (χ3n) is 5.48. The summed E-state index contributed by atoms with van der Waals surface area (Å²) in [5.74, 6) is 0.953. The van der Waals surface area contributed by atoms with Crippen molar-refractivity contribution in [3.63, 3.8) is 0 Å². The average Bonchev–Trinajstić information content (AvgIpc) is 2.62. The summed E-state index contributed by atoms with van der Waals surface area (Å²) in [7, 11) is -3.31. The van der Waals surface area contributed by atoms with Crippen LogP contribution >= 0.6 is 0 Å². The Hall–Kier alpha value is -1.40. The zero-order valence-corrected chi connectivity index (χ0v) is 15.7. The Bertz CT molecular complexity index is 674. The lowest BCUT2D eigenvalue weighted by Gasteiger charge is -2.36. The van der Waals surface area contributed by atoms with Crippen LogP contribution in [0.2, 0.25) is 0 Å². The molecule has 0 aromatic heterocycles. The van der Waals surface area contributed by atoms with Crippen LogP contribution in [-0.4, -0.2) is 49.7 Å². The molecule has 1 aromatic rings. The fraction of sp³-hybridized carbons (Fsp3) is 0.632. The van der Waals surface area contributed by atoms with Crippen molar-refractivity contribution in [2.24, 2.45) is 11.8 Å². The van der Waals surface area contributed by atoms with Gasteiger partial charge in [0.25, 0.3) is 0 Å². The second kappa shape index (κ2) is 7.87. The number of rotatable bonds is 4. The van der Waals surface area contributed by atoms with E-state index in [1.165, 1.54) is 0 Å². The van der Waals surface area contributed by atoms with E-state index < -0.39 is 10.0 Å². The third-order valence-corrected chi connectivity index (χ3v) is 7.33. The van der Waals surface area contributed by atoms with Gasteiger partial charge in [-0.25, -0.2) is 12.7 Å². The lowest BCUT2D eigenvalue weighted by atomic mass is 9.93. The van der Waals surface area contributed by atoms with Crippen molar-refractivity contribution in [2.45, 2.75) is 38.4 Å². The Balaban J connectivity index is 1.53. The number of likely N-dealkylation sites (tertiary alicyclic amines) is 1. The fourth-order valence-corrected chi connectivity index (χ4v) is 5.31. The van der Waals surface area contributed by atoms with E-state index >= 15 is 0 Å². The molecule has 1 amide bonds. The standard InChI is InChI=1S/C19H28N2O3S/c1-16-7-11-20(12-8-16)19(22)18-9-13-21(14-10-18)25(23,24)15-17-5-3-2-4-6-17/h2-6,16,18H,7-15H2,1H3. The summed E-state index contributed by atoms with van der Waals surface area (Å²) in [6, 6.07) is 9.27. The van der Waals surface area contributed by atoms with E-state index in [-0.39, 0.29) is 17.6 Å². The number of amides is 1. The van der Waals surface area contributed by atoms with Gasteiger partial charge in [-0.2, -0.15) is 0 Å².